The summed E-state index contributed by atoms with van der Waals surface area (Å²) in [6.45, 7) is 1.98. The van der Waals surface area contributed by atoms with Crippen molar-refractivity contribution in [3.8, 4) is 16.9 Å². The van der Waals surface area contributed by atoms with Crippen molar-refractivity contribution >= 4 is 39.5 Å². The zero-order chi connectivity index (χ0) is 27.2. The van der Waals surface area contributed by atoms with Crippen LogP contribution in [0.5, 0.6) is 0 Å². The number of carbonyl (C=O) groups excluding carboxylic acids is 2. The number of rotatable bonds is 7. The summed E-state index contributed by atoms with van der Waals surface area (Å²) in [5.74, 6) is -0.847. The molecule has 39 heavy (non-hydrogen) atoms. The molecule has 5 aromatic rings. The van der Waals surface area contributed by atoms with Crippen molar-refractivity contribution in [3.05, 3.63) is 142 Å². The van der Waals surface area contributed by atoms with Gasteiger partial charge in [0, 0.05) is 33.0 Å². The highest BCUT2D eigenvalue weighted by atomic mass is 79.9. The summed E-state index contributed by atoms with van der Waals surface area (Å²) in [5.41, 5.74) is 5.33. The number of aromatic nitrogens is 2. The third-order valence-electron chi connectivity index (χ3n) is 6.02. The number of halogens is 1. The number of anilines is 1. The normalized spacial score (nSPS) is 11.2. The highest BCUT2D eigenvalue weighted by Crippen LogP contribution is 2.26. The molecule has 0 atom stereocenters. The van der Waals surface area contributed by atoms with E-state index in [1.165, 1.54) is 0 Å². The van der Waals surface area contributed by atoms with Crippen LogP contribution < -0.4 is 10.6 Å². The van der Waals surface area contributed by atoms with E-state index in [4.69, 9.17) is 5.10 Å². The number of carbonyl (C=O) groups is 2. The topological polar surface area (TPSA) is 76.0 Å². The van der Waals surface area contributed by atoms with Crippen LogP contribution >= 0.6 is 15.9 Å². The van der Waals surface area contributed by atoms with Gasteiger partial charge in [-0.3, -0.25) is 9.59 Å². The number of hydrogen-bond donors (Lipinski definition) is 2. The van der Waals surface area contributed by atoms with Crippen molar-refractivity contribution < 1.29 is 9.59 Å². The summed E-state index contributed by atoms with van der Waals surface area (Å²) >= 11 is 3.39. The first-order valence-corrected chi connectivity index (χ1v) is 13.1. The average molecular weight is 577 g/mol. The smallest absolute Gasteiger partial charge is 0.272 e. The second kappa shape index (κ2) is 11.8. The molecule has 7 heteroatoms. The first-order chi connectivity index (χ1) is 19.0. The van der Waals surface area contributed by atoms with E-state index in [1.54, 1.807) is 35.0 Å². The summed E-state index contributed by atoms with van der Waals surface area (Å²) in [6.07, 6.45) is 3.51. The summed E-state index contributed by atoms with van der Waals surface area (Å²) in [6, 6.07) is 33.9. The van der Waals surface area contributed by atoms with Crippen molar-refractivity contribution in [1.82, 2.24) is 15.1 Å². The standard InChI is InChI=1S/C32H25BrN4O2/c1-22-12-18-27(19-13-22)34-32(39)29(35-31(38)24-14-16-26(33)17-15-24)20-25-21-37(28-10-6-3-7-11-28)36-30(25)23-8-4-2-5-9-23/h2-21H,1H3,(H,34,39)(H,35,38). The van der Waals surface area contributed by atoms with Gasteiger partial charge in [-0.15, -0.1) is 0 Å². The molecule has 0 fully saturated rings. The fraction of sp³-hybridized carbons (Fsp3) is 0.0312. The zero-order valence-corrected chi connectivity index (χ0v) is 22.7. The van der Waals surface area contributed by atoms with Gasteiger partial charge in [-0.1, -0.05) is 82.2 Å². The molecule has 0 saturated carbocycles. The molecule has 6 nitrogen and oxygen atoms in total. The van der Waals surface area contributed by atoms with Gasteiger partial charge in [0.15, 0.2) is 0 Å². The number of nitrogens with zero attached hydrogens (tertiary/aromatic N) is 2. The second-order valence-electron chi connectivity index (χ2n) is 8.92. The SMILES string of the molecule is Cc1ccc(NC(=O)C(=Cc2cn(-c3ccccc3)nc2-c2ccccc2)NC(=O)c2ccc(Br)cc2)cc1. The van der Waals surface area contributed by atoms with E-state index in [0.29, 0.717) is 22.5 Å². The van der Waals surface area contributed by atoms with Crippen molar-refractivity contribution in [2.75, 3.05) is 5.32 Å². The molecule has 0 bridgehead atoms. The quantitative estimate of drug-likeness (QED) is 0.204. The lowest BCUT2D eigenvalue weighted by Crippen LogP contribution is -2.30. The molecule has 192 valence electrons. The summed E-state index contributed by atoms with van der Waals surface area (Å²) in [7, 11) is 0. The van der Waals surface area contributed by atoms with Gasteiger partial charge < -0.3 is 10.6 Å². The monoisotopic (exact) mass is 576 g/mol. The molecule has 0 saturated heterocycles. The Morgan fingerprint density at radius 1 is 0.821 bits per heavy atom. The van der Waals surface area contributed by atoms with Crippen LogP contribution in [0.25, 0.3) is 23.0 Å². The van der Waals surface area contributed by atoms with Crippen LogP contribution in [-0.4, -0.2) is 21.6 Å². The van der Waals surface area contributed by atoms with Gasteiger partial charge in [-0.05, 0) is 61.5 Å². The van der Waals surface area contributed by atoms with Crippen LogP contribution in [0, 0.1) is 6.92 Å². The molecule has 1 heterocycles. The fourth-order valence-electron chi connectivity index (χ4n) is 3.97. The molecule has 2 amide bonds. The van der Waals surface area contributed by atoms with Crippen molar-refractivity contribution in [2.24, 2.45) is 0 Å². The van der Waals surface area contributed by atoms with E-state index < -0.39 is 11.8 Å². The third kappa shape index (κ3) is 6.40. The lowest BCUT2D eigenvalue weighted by atomic mass is 10.1. The van der Waals surface area contributed by atoms with E-state index in [2.05, 4.69) is 26.6 Å². The van der Waals surface area contributed by atoms with Crippen LogP contribution in [0.1, 0.15) is 21.5 Å². The Hall–Kier alpha value is -4.75. The van der Waals surface area contributed by atoms with Crippen LogP contribution in [0.2, 0.25) is 0 Å². The minimum atomic E-state index is -0.448. The highest BCUT2D eigenvalue weighted by molar-refractivity contribution is 9.10. The summed E-state index contributed by atoms with van der Waals surface area (Å²) in [4.78, 5) is 26.7. The van der Waals surface area contributed by atoms with E-state index in [-0.39, 0.29) is 5.70 Å². The van der Waals surface area contributed by atoms with Crippen molar-refractivity contribution in [1.29, 1.82) is 0 Å². The van der Waals surface area contributed by atoms with Crippen LogP contribution in [-0.2, 0) is 4.79 Å². The maximum absolute atomic E-state index is 13.5. The lowest BCUT2D eigenvalue weighted by molar-refractivity contribution is -0.113. The van der Waals surface area contributed by atoms with Gasteiger partial charge in [-0.2, -0.15) is 5.10 Å². The highest BCUT2D eigenvalue weighted by Gasteiger charge is 2.18. The predicted molar refractivity (Wildman–Crippen MR) is 158 cm³/mol. The van der Waals surface area contributed by atoms with Gasteiger partial charge in [0.05, 0.1) is 5.69 Å². The molecule has 0 aliphatic rings. The zero-order valence-electron chi connectivity index (χ0n) is 21.1. The molecule has 0 aliphatic heterocycles. The van der Waals surface area contributed by atoms with Gasteiger partial charge in [-0.25, -0.2) is 4.68 Å². The Bertz CT molecular complexity index is 1630. The maximum atomic E-state index is 13.5. The number of aryl methyl sites for hydroxylation is 1. The second-order valence-corrected chi connectivity index (χ2v) is 9.83. The summed E-state index contributed by atoms with van der Waals surface area (Å²) in [5, 5.41) is 10.5. The molecule has 5 rings (SSSR count). The minimum Gasteiger partial charge on any atom is -0.321 e. The minimum absolute atomic E-state index is 0.0910. The molecule has 4 aromatic carbocycles. The third-order valence-corrected chi connectivity index (χ3v) is 6.55. The van der Waals surface area contributed by atoms with Gasteiger partial charge in [0.1, 0.15) is 11.4 Å². The van der Waals surface area contributed by atoms with Crippen molar-refractivity contribution in [3.63, 3.8) is 0 Å². The molecule has 0 aliphatic carbocycles. The lowest BCUT2D eigenvalue weighted by Gasteiger charge is -2.12. The number of para-hydroxylation sites is 1. The Kier molecular flexibility index (Phi) is 7.80. The van der Waals surface area contributed by atoms with Crippen molar-refractivity contribution in [2.45, 2.75) is 6.92 Å². The number of amides is 2. The number of hydrogen-bond acceptors (Lipinski definition) is 3. The van der Waals surface area contributed by atoms with Gasteiger partial charge >= 0.3 is 0 Å². The molecule has 2 N–H and O–H groups in total. The molecule has 0 spiro atoms. The van der Waals surface area contributed by atoms with Gasteiger partial charge in [0.25, 0.3) is 11.8 Å². The first kappa shape index (κ1) is 25.9. The van der Waals surface area contributed by atoms with E-state index in [0.717, 1.165) is 21.3 Å². The molecular weight excluding hydrogens is 552 g/mol. The van der Waals surface area contributed by atoms with Gasteiger partial charge in [0.2, 0.25) is 0 Å². The van der Waals surface area contributed by atoms with E-state index in [1.807, 2.05) is 98.0 Å². The largest absolute Gasteiger partial charge is 0.321 e. The molecule has 1 aromatic heterocycles. The first-order valence-electron chi connectivity index (χ1n) is 12.3. The summed E-state index contributed by atoms with van der Waals surface area (Å²) < 4.78 is 2.62. The Morgan fingerprint density at radius 2 is 1.46 bits per heavy atom. The maximum Gasteiger partial charge on any atom is 0.272 e. The molecular formula is C32H25BrN4O2. The Morgan fingerprint density at radius 3 is 2.13 bits per heavy atom. The van der Waals surface area contributed by atoms with E-state index >= 15 is 0 Å². The van der Waals surface area contributed by atoms with Crippen LogP contribution in [0.15, 0.2) is 126 Å². The molecule has 0 unspecified atom stereocenters. The number of benzene rings is 4. The predicted octanol–water partition coefficient (Wildman–Crippen LogP) is 7.02. The Labute approximate surface area is 235 Å². The molecule has 0 radical (unpaired) electrons. The number of nitrogens with one attached hydrogen (secondary N) is 2. The Balaban J connectivity index is 1.57. The van der Waals surface area contributed by atoms with E-state index in [9.17, 15) is 9.59 Å². The van der Waals surface area contributed by atoms with Crippen LogP contribution in [0.4, 0.5) is 5.69 Å². The average Bonchev–Trinajstić information content (AvgIpc) is 3.39. The van der Waals surface area contributed by atoms with Crippen LogP contribution in [0.3, 0.4) is 0 Å². The fourth-order valence-corrected chi connectivity index (χ4v) is 4.24.